The summed E-state index contributed by atoms with van der Waals surface area (Å²) in [7, 11) is -9.99. The molecule has 17 nitrogen and oxygen atoms in total. The van der Waals surface area contributed by atoms with Crippen molar-refractivity contribution < 1.29 is 80.2 Å². The Morgan fingerprint density at radius 2 is 0.560 bits per heavy atom. The maximum absolute atomic E-state index is 13.1. The van der Waals surface area contributed by atoms with Crippen LogP contribution in [0.25, 0.3) is 0 Å². The van der Waals surface area contributed by atoms with E-state index in [-0.39, 0.29) is 25.7 Å². The van der Waals surface area contributed by atoms with Crippen LogP contribution in [-0.2, 0) is 65.4 Å². The van der Waals surface area contributed by atoms with Crippen molar-refractivity contribution in [2.24, 2.45) is 0 Å². The molecule has 0 amide bonds. The monoisotopic (exact) mass is 1440 g/mol. The highest BCUT2D eigenvalue weighted by Crippen LogP contribution is 2.45. The van der Waals surface area contributed by atoms with E-state index in [4.69, 9.17) is 37.0 Å². The third-order valence-corrected chi connectivity index (χ3v) is 17.5. The number of phosphoric ester groups is 2. The number of aliphatic hydroxyl groups is 1. The molecule has 0 radical (unpaired) electrons. The number of ether oxygens (including phenoxy) is 4. The first-order chi connectivity index (χ1) is 48.7. The van der Waals surface area contributed by atoms with Crippen LogP contribution in [0.2, 0.25) is 0 Å². The summed E-state index contributed by atoms with van der Waals surface area (Å²) < 4.78 is 68.3. The van der Waals surface area contributed by atoms with Crippen LogP contribution in [-0.4, -0.2) is 96.7 Å². The molecule has 0 rings (SSSR count). The summed E-state index contributed by atoms with van der Waals surface area (Å²) in [5.74, 6) is -2.36. The van der Waals surface area contributed by atoms with Crippen LogP contribution < -0.4 is 0 Å². The number of aliphatic hydroxyl groups excluding tert-OH is 1. The summed E-state index contributed by atoms with van der Waals surface area (Å²) in [6, 6.07) is 0. The molecule has 0 aromatic carbocycles. The lowest BCUT2D eigenvalue weighted by atomic mass is 10.1. The molecule has 0 heterocycles. The predicted octanol–water partition coefficient (Wildman–Crippen LogP) is 22.1. The van der Waals surface area contributed by atoms with E-state index in [9.17, 15) is 43.2 Å². The van der Waals surface area contributed by atoms with Crippen molar-refractivity contribution in [1.82, 2.24) is 0 Å². The molecule has 0 aromatic rings. The largest absolute Gasteiger partial charge is 0.472 e. The number of rotatable bonds is 71. The van der Waals surface area contributed by atoms with Crippen LogP contribution in [0.5, 0.6) is 0 Å². The van der Waals surface area contributed by atoms with Crippen LogP contribution >= 0.6 is 15.6 Å². The fourth-order valence-electron chi connectivity index (χ4n) is 9.80. The molecule has 0 aliphatic carbocycles. The van der Waals surface area contributed by atoms with Gasteiger partial charge in [0, 0.05) is 19.3 Å². The number of unbranched alkanes of at least 4 members (excludes halogenated alkanes) is 24. The zero-order valence-electron chi connectivity index (χ0n) is 62.3. The van der Waals surface area contributed by atoms with Gasteiger partial charge in [0.2, 0.25) is 0 Å². The molecule has 0 spiro atoms. The zero-order valence-corrected chi connectivity index (χ0v) is 64.1. The van der Waals surface area contributed by atoms with E-state index in [0.29, 0.717) is 25.7 Å². The molecule has 0 bridgehead atoms. The lowest BCUT2D eigenvalue weighted by Crippen LogP contribution is -2.30. The van der Waals surface area contributed by atoms with E-state index in [1.54, 1.807) is 6.08 Å². The van der Waals surface area contributed by atoms with Crippen molar-refractivity contribution in [1.29, 1.82) is 0 Å². The third kappa shape index (κ3) is 71.6. The van der Waals surface area contributed by atoms with E-state index in [0.717, 1.165) is 167 Å². The Kier molecular flexibility index (Phi) is 69.1. The molecule has 0 saturated heterocycles. The molecule has 19 heteroatoms. The number of hydrogen-bond donors (Lipinski definition) is 3. The molecular formula is C81H136O17P2. The first-order valence-electron chi connectivity index (χ1n) is 38.4. The van der Waals surface area contributed by atoms with Gasteiger partial charge in [-0.2, -0.15) is 0 Å². The SMILES string of the molecule is CC/C=C\C/C=C\C/C=C\C/C=C\C/C=C\CC(=O)OCC(COP(=O)(O)OCC(O)COP(=O)(O)OCC(COC(=O)CCCCCCCC/C=C\C/C=C\C/C=C\C/C=C\CC)OC(=O)CCCCCCC/C=C\CCCCCC)OC(=O)CCCCCCC/C=C\CCCCCC. The van der Waals surface area contributed by atoms with Crippen molar-refractivity contribution in [3.63, 3.8) is 0 Å². The van der Waals surface area contributed by atoms with Crippen LogP contribution in [0.1, 0.15) is 297 Å². The number of carbonyl (C=O) groups is 4. The van der Waals surface area contributed by atoms with E-state index in [1.807, 2.05) is 18.2 Å². The molecule has 0 aliphatic heterocycles. The first kappa shape index (κ1) is 95.2. The maximum atomic E-state index is 13.1. The van der Waals surface area contributed by atoms with Gasteiger partial charge in [0.15, 0.2) is 12.2 Å². The summed E-state index contributed by atoms with van der Waals surface area (Å²) in [6.07, 6.45) is 80.4. The summed E-state index contributed by atoms with van der Waals surface area (Å²) in [5, 5.41) is 10.6. The molecule has 0 saturated carbocycles. The quantitative estimate of drug-likeness (QED) is 0.0169. The summed E-state index contributed by atoms with van der Waals surface area (Å²) >= 11 is 0. The number of allylic oxidation sites excluding steroid dienone is 21. The molecule has 5 unspecified atom stereocenters. The molecule has 5 atom stereocenters. The van der Waals surface area contributed by atoms with E-state index >= 15 is 0 Å². The van der Waals surface area contributed by atoms with Crippen molar-refractivity contribution >= 4 is 39.5 Å². The summed E-state index contributed by atoms with van der Waals surface area (Å²) in [5.41, 5.74) is 0. The van der Waals surface area contributed by atoms with Crippen LogP contribution in [0, 0.1) is 0 Å². The zero-order chi connectivity index (χ0) is 73.2. The molecule has 572 valence electrons. The highest BCUT2D eigenvalue weighted by Gasteiger charge is 2.30. The number of esters is 4. The van der Waals surface area contributed by atoms with Crippen molar-refractivity contribution in [3.05, 3.63) is 134 Å². The Morgan fingerprint density at radius 3 is 0.900 bits per heavy atom. The number of hydrogen-bond acceptors (Lipinski definition) is 15. The lowest BCUT2D eigenvalue weighted by Gasteiger charge is -2.21. The second-order valence-corrected chi connectivity index (χ2v) is 28.1. The Hall–Kier alpha value is -4.80. The smallest absolute Gasteiger partial charge is 0.462 e. The lowest BCUT2D eigenvalue weighted by molar-refractivity contribution is -0.161. The average Bonchev–Trinajstić information content (AvgIpc) is 0.936. The number of phosphoric acid groups is 2. The molecule has 100 heavy (non-hydrogen) atoms. The average molecular weight is 1440 g/mol. The second-order valence-electron chi connectivity index (χ2n) is 25.2. The minimum atomic E-state index is -5.00. The highest BCUT2D eigenvalue weighted by atomic mass is 31.2. The maximum Gasteiger partial charge on any atom is 0.472 e. The second kappa shape index (κ2) is 72.5. The molecule has 0 fully saturated rings. The van der Waals surface area contributed by atoms with Gasteiger partial charge in [0.25, 0.3) is 0 Å². The van der Waals surface area contributed by atoms with Crippen LogP contribution in [0.4, 0.5) is 0 Å². The van der Waals surface area contributed by atoms with Crippen molar-refractivity contribution in [2.75, 3.05) is 39.6 Å². The van der Waals surface area contributed by atoms with Crippen molar-refractivity contribution in [3.8, 4) is 0 Å². The van der Waals surface area contributed by atoms with Gasteiger partial charge in [0.1, 0.15) is 19.3 Å². The molecular weight excluding hydrogens is 1310 g/mol. The topological polar surface area (TPSA) is 237 Å². The van der Waals surface area contributed by atoms with Gasteiger partial charge in [0.05, 0.1) is 32.8 Å². The van der Waals surface area contributed by atoms with Crippen molar-refractivity contribution in [2.45, 2.75) is 316 Å². The van der Waals surface area contributed by atoms with Crippen LogP contribution in [0.3, 0.4) is 0 Å². The normalized spacial score (nSPS) is 14.7. The number of carbonyl (C=O) groups excluding carboxylic acids is 4. The predicted molar refractivity (Wildman–Crippen MR) is 408 cm³/mol. The Bertz CT molecular complexity index is 2420. The Balaban J connectivity index is 5.41. The third-order valence-electron chi connectivity index (χ3n) is 15.6. The fraction of sp³-hybridized carbons (Fsp3) is 0.679. The Morgan fingerprint density at radius 1 is 0.300 bits per heavy atom. The fourth-order valence-corrected chi connectivity index (χ4v) is 11.4. The molecule has 0 aromatic heterocycles. The minimum absolute atomic E-state index is 0.0628. The standard InChI is InChI=1S/C81H136O17P2/c1-5-9-13-17-21-25-29-33-35-36-37-38-40-44-46-50-54-58-62-66-79(84)92-72-77(98-81(86)68-64-60-56-52-48-42-32-28-24-20-16-12-8-4)74-96-100(89,90)94-70-75(82)69-93-99(87,88)95-73-76(97-80(85)67-63-59-55-51-47-41-31-27-23-19-15-11-7-3)71-91-78(83)65-61-57-53-49-45-43-39-34-30-26-22-18-14-10-6-2/h9-10,13-14,21-22,25-28,31-35,37-39,45,49,57,61,75-77,82H,5-8,11-12,15-20,23-24,29-30,36,40-44,46-48,50-56,58-60,62-74H2,1-4H3,(H,87,88)(H,89,90)/b13-9-,14-10-,25-21-,26-22-,31-27-,32-28-,35-33-,38-37-,39-34-,49-45-,61-57-. The van der Waals surface area contributed by atoms with E-state index in [2.05, 4.69) is 137 Å². The Labute approximate surface area is 605 Å². The van der Waals surface area contributed by atoms with Gasteiger partial charge >= 0.3 is 39.5 Å². The molecule has 0 aliphatic rings. The van der Waals surface area contributed by atoms with Gasteiger partial charge in [-0.3, -0.25) is 37.3 Å². The van der Waals surface area contributed by atoms with Crippen LogP contribution in [0.15, 0.2) is 134 Å². The highest BCUT2D eigenvalue weighted by molar-refractivity contribution is 7.47. The summed E-state index contributed by atoms with van der Waals surface area (Å²) in [4.78, 5) is 72.8. The van der Waals surface area contributed by atoms with Gasteiger partial charge in [-0.15, -0.1) is 0 Å². The molecule has 3 N–H and O–H groups in total. The van der Waals surface area contributed by atoms with E-state index in [1.165, 1.54) is 51.4 Å². The van der Waals surface area contributed by atoms with E-state index < -0.39 is 97.5 Å². The minimum Gasteiger partial charge on any atom is -0.462 e. The first-order valence-corrected chi connectivity index (χ1v) is 41.4. The van der Waals surface area contributed by atoms with Gasteiger partial charge in [-0.25, -0.2) is 9.13 Å². The van der Waals surface area contributed by atoms with Gasteiger partial charge < -0.3 is 33.8 Å². The van der Waals surface area contributed by atoms with Gasteiger partial charge in [-0.05, 0) is 141 Å². The summed E-state index contributed by atoms with van der Waals surface area (Å²) in [6.45, 7) is 4.46. The van der Waals surface area contributed by atoms with Gasteiger partial charge in [-0.1, -0.05) is 264 Å².